The molecule has 0 saturated carbocycles. The van der Waals surface area contributed by atoms with Crippen LogP contribution in [0.2, 0.25) is 0 Å². The largest absolute Gasteiger partial charge is 0.411 e. The van der Waals surface area contributed by atoms with E-state index in [1.165, 1.54) is 17.3 Å². The smallest absolute Gasteiger partial charge is 0.276 e. The Morgan fingerprint density at radius 2 is 1.78 bits per heavy atom. The molecule has 0 radical (unpaired) electrons. The number of thioether (sulfide) groups is 1. The lowest BCUT2D eigenvalue weighted by Gasteiger charge is -2.09. The molecule has 5 heteroatoms. The maximum absolute atomic E-state index is 10.2. The average molecular weight is 326 g/mol. The van der Waals surface area contributed by atoms with Crippen molar-refractivity contribution in [3.05, 3.63) is 65.2 Å². The number of aryl methyl sites for hydroxylation is 2. The maximum atomic E-state index is 10.2. The lowest BCUT2D eigenvalue weighted by atomic mass is 10.1. The van der Waals surface area contributed by atoms with Gasteiger partial charge in [0.1, 0.15) is 0 Å². The highest BCUT2D eigenvalue weighted by Crippen LogP contribution is 2.28. The fraction of sp³-hybridized carbons (Fsp3) is 0.222. The van der Waals surface area contributed by atoms with Crippen LogP contribution < -0.4 is 0 Å². The van der Waals surface area contributed by atoms with Crippen molar-refractivity contribution in [2.75, 3.05) is 5.75 Å². The van der Waals surface area contributed by atoms with E-state index in [0.717, 1.165) is 16.7 Å². The van der Waals surface area contributed by atoms with Crippen molar-refractivity contribution < 1.29 is 9.52 Å². The minimum atomic E-state index is -0.561. The highest BCUT2D eigenvalue weighted by Gasteiger charge is 2.14. The molecule has 3 rings (SSSR count). The molecule has 1 heterocycles. The standard InChI is InChI=1S/C18H18N2O2S/c1-12-7-9-14(10-8-12)16(21)11-23-18-20-19-17(22-18)15-6-4-3-5-13(15)2/h3-10,16,21H,11H2,1-2H3. The summed E-state index contributed by atoms with van der Waals surface area (Å²) in [6, 6.07) is 15.7. The Balaban J connectivity index is 1.65. The van der Waals surface area contributed by atoms with Crippen molar-refractivity contribution in [2.24, 2.45) is 0 Å². The molecule has 1 N–H and O–H groups in total. The van der Waals surface area contributed by atoms with Gasteiger partial charge in [0.15, 0.2) is 0 Å². The summed E-state index contributed by atoms with van der Waals surface area (Å²) in [6.07, 6.45) is -0.561. The fourth-order valence-electron chi connectivity index (χ4n) is 2.22. The predicted molar refractivity (Wildman–Crippen MR) is 91.3 cm³/mol. The third kappa shape index (κ3) is 3.81. The van der Waals surface area contributed by atoms with Gasteiger partial charge in [-0.25, -0.2) is 0 Å². The monoisotopic (exact) mass is 326 g/mol. The van der Waals surface area contributed by atoms with E-state index in [4.69, 9.17) is 4.42 Å². The number of rotatable bonds is 5. The van der Waals surface area contributed by atoms with Crippen LogP contribution in [0.25, 0.3) is 11.5 Å². The van der Waals surface area contributed by atoms with Crippen LogP contribution in [-0.2, 0) is 0 Å². The van der Waals surface area contributed by atoms with Gasteiger partial charge < -0.3 is 9.52 Å². The van der Waals surface area contributed by atoms with Crippen LogP contribution in [0, 0.1) is 13.8 Å². The van der Waals surface area contributed by atoms with E-state index >= 15 is 0 Å². The molecule has 0 aliphatic carbocycles. The van der Waals surface area contributed by atoms with Crippen LogP contribution in [0.3, 0.4) is 0 Å². The summed E-state index contributed by atoms with van der Waals surface area (Å²) in [5.74, 6) is 0.980. The van der Waals surface area contributed by atoms with Crippen molar-refractivity contribution in [1.82, 2.24) is 10.2 Å². The molecule has 0 fully saturated rings. The molecule has 0 spiro atoms. The first-order chi connectivity index (χ1) is 11.1. The number of benzene rings is 2. The van der Waals surface area contributed by atoms with Crippen molar-refractivity contribution in [3.63, 3.8) is 0 Å². The van der Waals surface area contributed by atoms with Crippen molar-refractivity contribution >= 4 is 11.8 Å². The molecule has 1 atom stereocenters. The summed E-state index contributed by atoms with van der Waals surface area (Å²) in [5, 5.41) is 18.8. The highest BCUT2D eigenvalue weighted by atomic mass is 32.2. The van der Waals surface area contributed by atoms with Gasteiger partial charge in [-0.15, -0.1) is 10.2 Å². The number of aliphatic hydroxyl groups is 1. The summed E-state index contributed by atoms with van der Waals surface area (Å²) >= 11 is 1.36. The normalized spacial score (nSPS) is 12.3. The van der Waals surface area contributed by atoms with Crippen LogP contribution in [0.1, 0.15) is 22.8 Å². The van der Waals surface area contributed by atoms with Crippen molar-refractivity contribution in [1.29, 1.82) is 0 Å². The summed E-state index contributed by atoms with van der Waals surface area (Å²) in [7, 11) is 0. The number of hydrogen-bond acceptors (Lipinski definition) is 5. The molecule has 118 valence electrons. The fourth-order valence-corrected chi connectivity index (χ4v) is 2.95. The van der Waals surface area contributed by atoms with Gasteiger partial charge in [-0.2, -0.15) is 0 Å². The number of hydrogen-bond donors (Lipinski definition) is 1. The Hall–Kier alpha value is -2.11. The van der Waals surface area contributed by atoms with E-state index in [9.17, 15) is 5.11 Å². The lowest BCUT2D eigenvalue weighted by Crippen LogP contribution is -2.00. The zero-order valence-corrected chi connectivity index (χ0v) is 13.9. The molecule has 1 unspecified atom stereocenters. The highest BCUT2D eigenvalue weighted by molar-refractivity contribution is 7.99. The van der Waals surface area contributed by atoms with Gasteiger partial charge in [-0.05, 0) is 31.0 Å². The Morgan fingerprint density at radius 3 is 2.52 bits per heavy atom. The van der Waals surface area contributed by atoms with Crippen LogP contribution in [0.15, 0.2) is 58.2 Å². The van der Waals surface area contributed by atoms with E-state index in [0.29, 0.717) is 16.9 Å². The van der Waals surface area contributed by atoms with Gasteiger partial charge in [0.2, 0.25) is 5.89 Å². The Labute approximate surface area is 139 Å². The Kier molecular flexibility index (Phi) is 4.79. The van der Waals surface area contributed by atoms with Gasteiger partial charge in [-0.3, -0.25) is 0 Å². The molecule has 0 saturated heterocycles. The summed E-state index contributed by atoms with van der Waals surface area (Å²) < 4.78 is 5.69. The second kappa shape index (κ2) is 6.98. The quantitative estimate of drug-likeness (QED) is 0.713. The molecule has 3 aromatic rings. The molecule has 0 amide bonds. The lowest BCUT2D eigenvalue weighted by molar-refractivity contribution is 0.203. The number of nitrogens with zero attached hydrogens (tertiary/aromatic N) is 2. The zero-order chi connectivity index (χ0) is 16.2. The summed E-state index contributed by atoms with van der Waals surface area (Å²) in [5.41, 5.74) is 4.09. The van der Waals surface area contributed by atoms with Gasteiger partial charge in [-0.1, -0.05) is 59.8 Å². The Morgan fingerprint density at radius 1 is 1.04 bits per heavy atom. The van der Waals surface area contributed by atoms with E-state index < -0.39 is 6.10 Å². The maximum Gasteiger partial charge on any atom is 0.276 e. The second-order valence-corrected chi connectivity index (χ2v) is 6.40. The molecular weight excluding hydrogens is 308 g/mol. The van der Waals surface area contributed by atoms with E-state index in [2.05, 4.69) is 10.2 Å². The van der Waals surface area contributed by atoms with Crippen molar-refractivity contribution in [3.8, 4) is 11.5 Å². The average Bonchev–Trinajstić information content (AvgIpc) is 3.02. The first-order valence-corrected chi connectivity index (χ1v) is 8.39. The van der Waals surface area contributed by atoms with Crippen LogP contribution in [0.4, 0.5) is 0 Å². The Bertz CT molecular complexity index is 784. The predicted octanol–water partition coefficient (Wildman–Crippen LogP) is 4.18. The molecule has 0 bridgehead atoms. The molecular formula is C18H18N2O2S. The molecule has 2 aromatic carbocycles. The number of aliphatic hydroxyl groups excluding tert-OH is 1. The molecule has 0 aliphatic rings. The third-order valence-corrected chi connectivity index (χ3v) is 4.50. The zero-order valence-electron chi connectivity index (χ0n) is 13.1. The second-order valence-electron chi connectivity index (χ2n) is 5.43. The van der Waals surface area contributed by atoms with Gasteiger partial charge >= 0.3 is 0 Å². The molecule has 0 aliphatic heterocycles. The van der Waals surface area contributed by atoms with E-state index in [-0.39, 0.29) is 0 Å². The minimum absolute atomic E-state index is 0.467. The molecule has 4 nitrogen and oxygen atoms in total. The summed E-state index contributed by atoms with van der Waals surface area (Å²) in [6.45, 7) is 4.03. The van der Waals surface area contributed by atoms with Crippen molar-refractivity contribution in [2.45, 2.75) is 25.2 Å². The number of aromatic nitrogens is 2. The van der Waals surface area contributed by atoms with Crippen LogP contribution in [-0.4, -0.2) is 21.1 Å². The first-order valence-electron chi connectivity index (χ1n) is 7.40. The van der Waals surface area contributed by atoms with Gasteiger partial charge in [0, 0.05) is 11.3 Å². The first kappa shape index (κ1) is 15.8. The van der Waals surface area contributed by atoms with Crippen LogP contribution >= 0.6 is 11.8 Å². The van der Waals surface area contributed by atoms with Crippen LogP contribution in [0.5, 0.6) is 0 Å². The molecule has 1 aromatic heterocycles. The van der Waals surface area contributed by atoms with Gasteiger partial charge in [0.05, 0.1) is 6.10 Å². The van der Waals surface area contributed by atoms with Gasteiger partial charge in [0.25, 0.3) is 5.22 Å². The SMILES string of the molecule is Cc1ccc(C(O)CSc2nnc(-c3ccccc3C)o2)cc1. The summed E-state index contributed by atoms with van der Waals surface area (Å²) in [4.78, 5) is 0. The minimum Gasteiger partial charge on any atom is -0.411 e. The third-order valence-electron chi connectivity index (χ3n) is 3.61. The topological polar surface area (TPSA) is 59.2 Å². The molecule has 23 heavy (non-hydrogen) atoms. The van der Waals surface area contributed by atoms with E-state index in [1.807, 2.05) is 62.4 Å². The van der Waals surface area contributed by atoms with E-state index in [1.54, 1.807) is 0 Å².